The van der Waals surface area contributed by atoms with E-state index in [0.29, 0.717) is 32.2 Å². The molecule has 7 heteroatoms. The van der Waals surface area contributed by atoms with E-state index in [0.717, 1.165) is 32.2 Å². The first-order chi connectivity index (χ1) is 13.5. The van der Waals surface area contributed by atoms with Crippen molar-refractivity contribution in [2.75, 3.05) is 46.5 Å². The van der Waals surface area contributed by atoms with Gasteiger partial charge in [-0.3, -0.25) is 9.69 Å². The fourth-order valence-corrected chi connectivity index (χ4v) is 3.52. The van der Waals surface area contributed by atoms with E-state index in [1.54, 1.807) is 18.9 Å². The van der Waals surface area contributed by atoms with Crippen molar-refractivity contribution in [1.29, 1.82) is 0 Å². The van der Waals surface area contributed by atoms with Gasteiger partial charge in [-0.05, 0) is 32.7 Å². The fourth-order valence-electron chi connectivity index (χ4n) is 3.52. The number of nitrogens with zero attached hydrogens (tertiary/aromatic N) is 2. The Kier molecular flexibility index (Phi) is 8.92. The number of hydrogen-bond acceptors (Lipinski definition) is 6. The van der Waals surface area contributed by atoms with Gasteiger partial charge in [0.2, 0.25) is 5.54 Å². The van der Waals surface area contributed by atoms with Crippen LogP contribution in [0.5, 0.6) is 0 Å². The summed E-state index contributed by atoms with van der Waals surface area (Å²) in [6, 6.07) is 0. The molecule has 3 unspecified atom stereocenters. The molecule has 0 aromatic rings. The summed E-state index contributed by atoms with van der Waals surface area (Å²) in [5, 5.41) is 0. The molecule has 2 aliphatic heterocycles. The van der Waals surface area contributed by atoms with Gasteiger partial charge < -0.3 is 19.1 Å². The Morgan fingerprint density at radius 2 is 2.00 bits per heavy atom. The van der Waals surface area contributed by atoms with Crippen LogP contribution in [0.15, 0.2) is 12.2 Å². The van der Waals surface area contributed by atoms with Crippen molar-refractivity contribution < 1.29 is 23.8 Å². The summed E-state index contributed by atoms with van der Waals surface area (Å²) < 4.78 is 16.2. The number of unbranched alkanes of at least 4 members (excludes halogenated alkanes) is 1. The van der Waals surface area contributed by atoms with Crippen LogP contribution >= 0.6 is 0 Å². The molecule has 0 saturated carbocycles. The van der Waals surface area contributed by atoms with E-state index >= 15 is 0 Å². The number of allylic oxidation sites excluding steroid dienone is 1. The molecular weight excluding hydrogens is 360 g/mol. The van der Waals surface area contributed by atoms with Gasteiger partial charge in [0, 0.05) is 26.1 Å². The first-order valence-corrected chi connectivity index (χ1v) is 10.5. The maximum atomic E-state index is 13.0. The number of ether oxygens (including phenoxy) is 3. The third kappa shape index (κ3) is 5.55. The van der Waals surface area contributed by atoms with Gasteiger partial charge in [0.15, 0.2) is 6.29 Å². The molecule has 0 aromatic heterocycles. The molecule has 1 amide bonds. The van der Waals surface area contributed by atoms with Gasteiger partial charge in [0.25, 0.3) is 5.91 Å². The highest BCUT2D eigenvalue weighted by Crippen LogP contribution is 2.36. The summed E-state index contributed by atoms with van der Waals surface area (Å²) in [4.78, 5) is 29.1. The molecule has 2 saturated heterocycles. The highest BCUT2D eigenvalue weighted by Gasteiger charge is 2.65. The summed E-state index contributed by atoms with van der Waals surface area (Å²) in [5.74, 6) is -0.260. The highest BCUT2D eigenvalue weighted by atomic mass is 16.7. The van der Waals surface area contributed by atoms with Gasteiger partial charge >= 0.3 is 5.97 Å². The fraction of sp³-hybridized carbons (Fsp3) is 0.810. The molecule has 2 aliphatic rings. The second-order valence-electron chi connectivity index (χ2n) is 7.67. The standard InChI is InChI=1S/C21H36N2O5/c1-5-7-13-23-16-21(23,20(25)26-6-2)19(24)22(4)12-10-8-9-11-17(3)18-27-14-15-28-18/h8-9,17-18H,5-7,10-16H2,1-4H3/b9-8-. The number of hydrogen-bond donors (Lipinski definition) is 0. The Bertz CT molecular complexity index is 547. The topological polar surface area (TPSA) is 68.1 Å². The zero-order chi connectivity index (χ0) is 20.6. The Hall–Kier alpha value is -1.44. The number of amides is 1. The van der Waals surface area contributed by atoms with Crippen LogP contribution in [0.2, 0.25) is 0 Å². The predicted octanol–water partition coefficient (Wildman–Crippen LogP) is 2.21. The lowest BCUT2D eigenvalue weighted by molar-refractivity contribution is -0.154. The SMILES string of the molecule is CCCCN1CC1(C(=O)OCC)C(=O)N(C)CC/C=C\CC(C)C1OCCO1. The lowest BCUT2D eigenvalue weighted by Gasteiger charge is -2.23. The van der Waals surface area contributed by atoms with Crippen LogP contribution in [0, 0.1) is 5.92 Å². The second-order valence-corrected chi connectivity index (χ2v) is 7.67. The van der Waals surface area contributed by atoms with Gasteiger partial charge in [0.1, 0.15) is 0 Å². The zero-order valence-electron chi connectivity index (χ0n) is 17.8. The molecule has 28 heavy (non-hydrogen) atoms. The van der Waals surface area contributed by atoms with E-state index in [1.807, 2.05) is 4.90 Å². The molecule has 3 atom stereocenters. The molecule has 0 N–H and O–H groups in total. The average Bonchev–Trinajstić information content (AvgIpc) is 3.15. The largest absolute Gasteiger partial charge is 0.464 e. The van der Waals surface area contributed by atoms with Gasteiger partial charge in [-0.15, -0.1) is 0 Å². The third-order valence-corrected chi connectivity index (χ3v) is 5.37. The van der Waals surface area contributed by atoms with Gasteiger partial charge in [-0.25, -0.2) is 4.79 Å². The Morgan fingerprint density at radius 1 is 1.29 bits per heavy atom. The van der Waals surface area contributed by atoms with Crippen LogP contribution in [0.4, 0.5) is 0 Å². The molecule has 160 valence electrons. The molecule has 2 fully saturated rings. The minimum atomic E-state index is -1.10. The van der Waals surface area contributed by atoms with Crippen LogP contribution in [0.1, 0.15) is 46.5 Å². The van der Waals surface area contributed by atoms with Crippen LogP contribution in [-0.2, 0) is 23.8 Å². The van der Waals surface area contributed by atoms with E-state index in [2.05, 4.69) is 26.0 Å². The number of rotatable bonds is 12. The third-order valence-electron chi connectivity index (χ3n) is 5.37. The molecule has 0 aromatic carbocycles. The molecule has 0 bridgehead atoms. The van der Waals surface area contributed by atoms with Crippen molar-refractivity contribution in [3.63, 3.8) is 0 Å². The Balaban J connectivity index is 1.80. The van der Waals surface area contributed by atoms with Crippen molar-refractivity contribution >= 4 is 11.9 Å². The van der Waals surface area contributed by atoms with Crippen molar-refractivity contribution in [2.45, 2.75) is 58.3 Å². The molecule has 0 spiro atoms. The van der Waals surface area contributed by atoms with Crippen molar-refractivity contribution in [3.8, 4) is 0 Å². The van der Waals surface area contributed by atoms with E-state index < -0.39 is 11.5 Å². The van der Waals surface area contributed by atoms with Crippen LogP contribution in [0.3, 0.4) is 0 Å². The number of likely N-dealkylation sites (N-methyl/N-ethyl adjacent to an activating group) is 1. The van der Waals surface area contributed by atoms with Crippen LogP contribution < -0.4 is 0 Å². The molecule has 2 rings (SSSR count). The van der Waals surface area contributed by atoms with E-state index in [1.165, 1.54) is 0 Å². The smallest absolute Gasteiger partial charge is 0.337 e. The minimum Gasteiger partial charge on any atom is -0.464 e. The number of carbonyl (C=O) groups excluding carboxylic acids is 2. The first-order valence-electron chi connectivity index (χ1n) is 10.5. The van der Waals surface area contributed by atoms with Crippen molar-refractivity contribution in [1.82, 2.24) is 9.80 Å². The molecule has 7 nitrogen and oxygen atoms in total. The lowest BCUT2D eigenvalue weighted by atomic mass is 10.1. The Labute approximate surface area is 169 Å². The molecule has 0 radical (unpaired) electrons. The van der Waals surface area contributed by atoms with Crippen molar-refractivity contribution in [3.05, 3.63) is 12.2 Å². The summed E-state index contributed by atoms with van der Waals surface area (Å²) >= 11 is 0. The maximum Gasteiger partial charge on any atom is 0.337 e. The number of carbonyl (C=O) groups is 2. The van der Waals surface area contributed by atoms with Gasteiger partial charge in [-0.1, -0.05) is 32.4 Å². The first kappa shape index (κ1) is 22.8. The summed E-state index contributed by atoms with van der Waals surface area (Å²) in [7, 11) is 1.76. The van der Waals surface area contributed by atoms with E-state index in [-0.39, 0.29) is 18.8 Å². The maximum absolute atomic E-state index is 13.0. The quantitative estimate of drug-likeness (QED) is 0.218. The summed E-state index contributed by atoms with van der Waals surface area (Å²) in [5.41, 5.74) is -1.10. The van der Waals surface area contributed by atoms with E-state index in [9.17, 15) is 9.59 Å². The normalized spacial score (nSPS) is 25.8. The van der Waals surface area contributed by atoms with Crippen LogP contribution in [-0.4, -0.2) is 80.0 Å². The van der Waals surface area contributed by atoms with Gasteiger partial charge in [0.05, 0.1) is 19.8 Å². The molecular formula is C21H36N2O5. The van der Waals surface area contributed by atoms with Crippen molar-refractivity contribution in [2.24, 2.45) is 5.92 Å². The number of esters is 1. The molecule has 0 aliphatic carbocycles. The van der Waals surface area contributed by atoms with Crippen LogP contribution in [0.25, 0.3) is 0 Å². The van der Waals surface area contributed by atoms with Gasteiger partial charge in [-0.2, -0.15) is 0 Å². The summed E-state index contributed by atoms with van der Waals surface area (Å²) in [6.45, 7) is 9.39. The monoisotopic (exact) mass is 396 g/mol. The summed E-state index contributed by atoms with van der Waals surface area (Å²) in [6.07, 6.45) is 7.69. The Morgan fingerprint density at radius 3 is 2.64 bits per heavy atom. The zero-order valence-corrected chi connectivity index (χ0v) is 17.8. The predicted molar refractivity (Wildman–Crippen MR) is 107 cm³/mol. The minimum absolute atomic E-state index is 0.109. The van der Waals surface area contributed by atoms with E-state index in [4.69, 9.17) is 14.2 Å². The average molecular weight is 397 g/mol. The molecule has 2 heterocycles. The highest BCUT2D eigenvalue weighted by molar-refractivity contribution is 6.11. The second kappa shape index (κ2) is 10.9. The lowest BCUT2D eigenvalue weighted by Crippen LogP contribution is -2.48.